The number of rotatable bonds is 5. The zero-order valence-electron chi connectivity index (χ0n) is 12.6. The second-order valence-corrected chi connectivity index (χ2v) is 4.92. The third-order valence-corrected chi connectivity index (χ3v) is 3.40. The summed E-state index contributed by atoms with van der Waals surface area (Å²) in [6, 6.07) is 10.3. The maximum Gasteiger partial charge on any atom is 0.328 e. The van der Waals surface area contributed by atoms with Crippen LogP contribution in [-0.2, 0) is 16.0 Å². The molecular formula is C17H18N2O3. The number of aryl methyl sites for hydroxylation is 1. The lowest BCUT2D eigenvalue weighted by atomic mass is 10.0. The molecule has 5 nitrogen and oxygen atoms in total. The Labute approximate surface area is 129 Å². The van der Waals surface area contributed by atoms with Crippen LogP contribution in [-0.4, -0.2) is 30.0 Å². The summed E-state index contributed by atoms with van der Waals surface area (Å²) in [6.45, 7) is 1.96. The van der Waals surface area contributed by atoms with E-state index < -0.39 is 12.0 Å². The lowest BCUT2D eigenvalue weighted by molar-refractivity contribution is -0.142. The van der Waals surface area contributed by atoms with Crippen molar-refractivity contribution in [2.45, 2.75) is 19.4 Å². The molecule has 0 aliphatic heterocycles. The summed E-state index contributed by atoms with van der Waals surface area (Å²) in [6.07, 6.45) is 3.42. The van der Waals surface area contributed by atoms with Gasteiger partial charge in [0.25, 0.3) is 5.91 Å². The van der Waals surface area contributed by atoms with Gasteiger partial charge in [0, 0.05) is 18.8 Å². The van der Waals surface area contributed by atoms with E-state index in [1.54, 1.807) is 18.3 Å². The van der Waals surface area contributed by atoms with Crippen LogP contribution >= 0.6 is 0 Å². The van der Waals surface area contributed by atoms with Gasteiger partial charge in [-0.1, -0.05) is 24.3 Å². The first-order valence-electron chi connectivity index (χ1n) is 6.95. The van der Waals surface area contributed by atoms with Gasteiger partial charge in [0.1, 0.15) is 6.04 Å². The molecule has 1 aromatic carbocycles. The van der Waals surface area contributed by atoms with Crippen LogP contribution in [0.2, 0.25) is 0 Å². The van der Waals surface area contributed by atoms with Gasteiger partial charge in [-0.2, -0.15) is 0 Å². The van der Waals surface area contributed by atoms with Crippen molar-refractivity contribution >= 4 is 11.9 Å². The van der Waals surface area contributed by atoms with E-state index in [2.05, 4.69) is 10.3 Å². The zero-order valence-corrected chi connectivity index (χ0v) is 12.6. The van der Waals surface area contributed by atoms with Gasteiger partial charge >= 0.3 is 5.97 Å². The Kier molecular flexibility index (Phi) is 5.25. The minimum absolute atomic E-state index is 0.350. The van der Waals surface area contributed by atoms with E-state index in [0.29, 0.717) is 12.0 Å². The highest BCUT2D eigenvalue weighted by Crippen LogP contribution is 2.11. The summed E-state index contributed by atoms with van der Waals surface area (Å²) in [5.41, 5.74) is 2.46. The normalized spacial score (nSPS) is 11.5. The molecule has 114 valence electrons. The molecule has 1 aromatic heterocycles. The van der Waals surface area contributed by atoms with Crippen LogP contribution in [0.4, 0.5) is 0 Å². The number of hydrogen-bond acceptors (Lipinski definition) is 4. The van der Waals surface area contributed by atoms with E-state index in [4.69, 9.17) is 4.74 Å². The Morgan fingerprint density at radius 1 is 1.23 bits per heavy atom. The summed E-state index contributed by atoms with van der Waals surface area (Å²) in [7, 11) is 1.31. The van der Waals surface area contributed by atoms with Crippen molar-refractivity contribution in [3.63, 3.8) is 0 Å². The van der Waals surface area contributed by atoms with Gasteiger partial charge in [0.05, 0.1) is 12.7 Å². The lowest BCUT2D eigenvalue weighted by Gasteiger charge is -2.17. The van der Waals surface area contributed by atoms with Crippen LogP contribution in [0.3, 0.4) is 0 Å². The first kappa shape index (κ1) is 15.7. The minimum atomic E-state index is -0.737. The van der Waals surface area contributed by atoms with Crippen LogP contribution in [0.15, 0.2) is 48.8 Å². The average Bonchev–Trinajstić information content (AvgIpc) is 2.56. The molecule has 2 aromatic rings. The summed E-state index contributed by atoms with van der Waals surface area (Å²) in [5.74, 6) is -0.822. The maximum atomic E-state index is 12.2. The molecule has 0 saturated heterocycles. The van der Waals surface area contributed by atoms with E-state index in [1.165, 1.54) is 13.3 Å². The van der Waals surface area contributed by atoms with E-state index >= 15 is 0 Å². The first-order valence-corrected chi connectivity index (χ1v) is 6.95. The number of esters is 1. The highest BCUT2D eigenvalue weighted by molar-refractivity contribution is 5.96. The molecule has 1 amide bonds. The molecule has 5 heteroatoms. The number of amides is 1. The molecule has 0 aliphatic rings. The number of carbonyl (C=O) groups is 2. The molecule has 0 unspecified atom stereocenters. The Bertz CT molecular complexity index is 656. The predicted octanol–water partition coefficient (Wildman–Crippen LogP) is 1.90. The molecule has 1 N–H and O–H groups in total. The first-order chi connectivity index (χ1) is 10.6. The number of pyridine rings is 1. The summed E-state index contributed by atoms with van der Waals surface area (Å²) in [4.78, 5) is 28.0. The molecule has 0 radical (unpaired) electrons. The smallest absolute Gasteiger partial charge is 0.328 e. The maximum absolute atomic E-state index is 12.2. The molecule has 0 spiro atoms. The number of methoxy groups -OCH3 is 1. The summed E-state index contributed by atoms with van der Waals surface area (Å²) < 4.78 is 4.79. The molecule has 2 rings (SSSR count). The van der Waals surface area contributed by atoms with Crippen LogP contribution < -0.4 is 5.32 Å². The van der Waals surface area contributed by atoms with Crippen LogP contribution in [0.1, 0.15) is 21.5 Å². The van der Waals surface area contributed by atoms with Crippen molar-refractivity contribution in [2.24, 2.45) is 0 Å². The van der Waals surface area contributed by atoms with Crippen LogP contribution in [0, 0.1) is 6.92 Å². The van der Waals surface area contributed by atoms with Crippen molar-refractivity contribution in [2.75, 3.05) is 7.11 Å². The number of nitrogens with zero attached hydrogens (tertiary/aromatic N) is 1. The molecule has 0 fully saturated rings. The quantitative estimate of drug-likeness (QED) is 0.856. The van der Waals surface area contributed by atoms with Crippen LogP contribution in [0.25, 0.3) is 0 Å². The molecule has 0 saturated carbocycles. The van der Waals surface area contributed by atoms with Crippen molar-refractivity contribution < 1.29 is 14.3 Å². The molecule has 0 bridgehead atoms. The summed E-state index contributed by atoms with van der Waals surface area (Å²) in [5, 5.41) is 2.71. The molecule has 1 atom stereocenters. The average molecular weight is 298 g/mol. The number of aromatic nitrogens is 1. The highest BCUT2D eigenvalue weighted by Gasteiger charge is 2.23. The van der Waals surface area contributed by atoms with E-state index in [1.807, 2.05) is 31.2 Å². The zero-order chi connectivity index (χ0) is 15.9. The number of ether oxygens (including phenoxy) is 1. The lowest BCUT2D eigenvalue weighted by Crippen LogP contribution is -2.43. The molecule has 22 heavy (non-hydrogen) atoms. The van der Waals surface area contributed by atoms with Crippen molar-refractivity contribution in [1.29, 1.82) is 0 Å². The third-order valence-electron chi connectivity index (χ3n) is 3.40. The highest BCUT2D eigenvalue weighted by atomic mass is 16.5. The van der Waals surface area contributed by atoms with Gasteiger partial charge in [-0.15, -0.1) is 0 Å². The molecular weight excluding hydrogens is 280 g/mol. The Hall–Kier alpha value is -2.69. The van der Waals surface area contributed by atoms with Crippen molar-refractivity contribution in [3.05, 3.63) is 65.5 Å². The van der Waals surface area contributed by atoms with E-state index in [-0.39, 0.29) is 5.91 Å². The second kappa shape index (κ2) is 7.36. The monoisotopic (exact) mass is 298 g/mol. The Morgan fingerprint density at radius 2 is 2.00 bits per heavy atom. The fourth-order valence-electron chi connectivity index (χ4n) is 2.13. The minimum Gasteiger partial charge on any atom is -0.467 e. The fraction of sp³-hybridized carbons (Fsp3) is 0.235. The SMILES string of the molecule is COC(=O)[C@@H](Cc1ccccc1C)NC(=O)c1cccnc1. The van der Waals surface area contributed by atoms with Gasteiger partial charge < -0.3 is 10.1 Å². The molecule has 1 heterocycles. The molecule has 0 aliphatic carbocycles. The van der Waals surface area contributed by atoms with Crippen molar-refractivity contribution in [1.82, 2.24) is 10.3 Å². The standard InChI is InChI=1S/C17H18N2O3/c1-12-6-3-4-7-13(12)10-15(17(21)22-2)19-16(20)14-8-5-9-18-11-14/h3-9,11,15H,10H2,1-2H3,(H,19,20)/t15-/m1/s1. The van der Waals surface area contributed by atoms with E-state index in [9.17, 15) is 9.59 Å². The van der Waals surface area contributed by atoms with Crippen LogP contribution in [0.5, 0.6) is 0 Å². The largest absolute Gasteiger partial charge is 0.467 e. The second-order valence-electron chi connectivity index (χ2n) is 4.92. The van der Waals surface area contributed by atoms with Gasteiger partial charge in [-0.3, -0.25) is 9.78 Å². The predicted molar refractivity (Wildman–Crippen MR) is 82.4 cm³/mol. The topological polar surface area (TPSA) is 68.3 Å². The Morgan fingerprint density at radius 3 is 2.64 bits per heavy atom. The van der Waals surface area contributed by atoms with Gasteiger partial charge in [-0.05, 0) is 30.2 Å². The number of nitrogens with one attached hydrogen (secondary N) is 1. The third kappa shape index (κ3) is 3.91. The van der Waals surface area contributed by atoms with E-state index in [0.717, 1.165) is 11.1 Å². The number of benzene rings is 1. The Balaban J connectivity index is 2.15. The number of carbonyl (C=O) groups excluding carboxylic acids is 2. The van der Waals surface area contributed by atoms with Gasteiger partial charge in [-0.25, -0.2) is 4.79 Å². The van der Waals surface area contributed by atoms with Crippen molar-refractivity contribution in [3.8, 4) is 0 Å². The fourth-order valence-corrected chi connectivity index (χ4v) is 2.13. The van der Waals surface area contributed by atoms with Gasteiger partial charge in [0.15, 0.2) is 0 Å². The number of hydrogen-bond donors (Lipinski definition) is 1. The van der Waals surface area contributed by atoms with Gasteiger partial charge in [0.2, 0.25) is 0 Å². The summed E-state index contributed by atoms with van der Waals surface area (Å²) >= 11 is 0.